The minimum absolute atomic E-state index is 0.113. The van der Waals surface area contributed by atoms with Gasteiger partial charge in [-0.25, -0.2) is 12.8 Å². The van der Waals surface area contributed by atoms with Crippen molar-refractivity contribution in [2.24, 2.45) is 0 Å². The lowest BCUT2D eigenvalue weighted by atomic mass is 10.2. The number of hydrogen-bond donors (Lipinski definition) is 2. The molecule has 2 N–H and O–H groups in total. The van der Waals surface area contributed by atoms with Gasteiger partial charge < -0.3 is 5.32 Å². The first-order chi connectivity index (χ1) is 15.3. The first-order valence-electron chi connectivity index (χ1n) is 9.44. The van der Waals surface area contributed by atoms with E-state index in [1.165, 1.54) is 48.2 Å². The summed E-state index contributed by atoms with van der Waals surface area (Å²) in [5.41, 5.74) is 0.895. The number of nitrogens with one attached hydrogen (secondary N) is 2. The number of benzene rings is 3. The molecule has 0 saturated carbocycles. The van der Waals surface area contributed by atoms with Crippen LogP contribution in [0, 0.1) is 5.82 Å². The van der Waals surface area contributed by atoms with Gasteiger partial charge in [0, 0.05) is 28.6 Å². The Morgan fingerprint density at radius 2 is 1.72 bits per heavy atom. The fourth-order valence-electron chi connectivity index (χ4n) is 2.75. The normalized spacial score (nSPS) is 11.2. The Kier molecular flexibility index (Phi) is 8.42. The van der Waals surface area contributed by atoms with Gasteiger partial charge in [0.2, 0.25) is 0 Å². The Bertz CT molecular complexity index is 1190. The number of carbonyl (C=O) groups is 1. The molecule has 168 valence electrons. The molecule has 0 unspecified atom stereocenters. The molecule has 1 amide bonds. The van der Waals surface area contributed by atoms with E-state index in [2.05, 4.69) is 10.0 Å². The van der Waals surface area contributed by atoms with Gasteiger partial charge in [0.1, 0.15) is 5.82 Å². The van der Waals surface area contributed by atoms with Gasteiger partial charge in [-0.05, 0) is 42.5 Å². The lowest BCUT2D eigenvalue weighted by Gasteiger charge is -2.11. The first kappa shape index (κ1) is 24.4. The van der Waals surface area contributed by atoms with Crippen LogP contribution in [0.1, 0.15) is 15.9 Å². The summed E-state index contributed by atoms with van der Waals surface area (Å²) in [6.45, 7) is 0.342. The zero-order chi connectivity index (χ0) is 23.1. The average Bonchev–Trinajstić information content (AvgIpc) is 2.75. The maximum absolute atomic E-state index is 13.8. The third-order valence-electron chi connectivity index (χ3n) is 4.36. The number of sulfonamides is 1. The molecule has 0 heterocycles. The zero-order valence-corrected chi connectivity index (χ0v) is 19.8. The van der Waals surface area contributed by atoms with Crippen LogP contribution in [0.2, 0.25) is 10.0 Å². The summed E-state index contributed by atoms with van der Waals surface area (Å²) in [4.78, 5) is 12.5. The highest BCUT2D eigenvalue weighted by Crippen LogP contribution is 2.25. The summed E-state index contributed by atoms with van der Waals surface area (Å²) in [7, 11) is -3.76. The molecular weight excluding hydrogens is 494 g/mol. The Labute approximate surface area is 200 Å². The van der Waals surface area contributed by atoms with Crippen molar-refractivity contribution in [3.63, 3.8) is 0 Å². The van der Waals surface area contributed by atoms with Crippen LogP contribution in [0.15, 0.2) is 71.6 Å². The molecule has 0 bridgehead atoms. The zero-order valence-electron chi connectivity index (χ0n) is 16.6. The van der Waals surface area contributed by atoms with E-state index in [0.29, 0.717) is 28.6 Å². The lowest BCUT2D eigenvalue weighted by molar-refractivity contribution is 0.0956. The van der Waals surface area contributed by atoms with Gasteiger partial charge >= 0.3 is 0 Å². The fraction of sp³-hybridized carbons (Fsp3) is 0.136. The van der Waals surface area contributed by atoms with Gasteiger partial charge in [0.15, 0.2) is 0 Å². The van der Waals surface area contributed by atoms with Crippen LogP contribution < -0.4 is 10.0 Å². The van der Waals surface area contributed by atoms with E-state index in [-0.39, 0.29) is 27.0 Å². The Morgan fingerprint density at radius 3 is 2.41 bits per heavy atom. The van der Waals surface area contributed by atoms with Crippen molar-refractivity contribution >= 4 is 56.6 Å². The number of thioether (sulfide) groups is 1. The minimum atomic E-state index is -3.76. The minimum Gasteiger partial charge on any atom is -0.351 e. The number of carbonyl (C=O) groups excluding carboxylic acids is 1. The molecule has 0 aliphatic rings. The van der Waals surface area contributed by atoms with E-state index in [9.17, 15) is 17.6 Å². The third-order valence-corrected chi connectivity index (χ3v) is 7.41. The molecule has 0 aliphatic carbocycles. The van der Waals surface area contributed by atoms with Gasteiger partial charge in [0.25, 0.3) is 15.9 Å². The topological polar surface area (TPSA) is 75.3 Å². The molecule has 3 aromatic rings. The second kappa shape index (κ2) is 11.0. The summed E-state index contributed by atoms with van der Waals surface area (Å²) in [6, 6.07) is 16.8. The maximum Gasteiger partial charge on any atom is 0.261 e. The summed E-state index contributed by atoms with van der Waals surface area (Å²) in [6.07, 6.45) is 0. The second-order valence-electron chi connectivity index (χ2n) is 6.62. The molecule has 10 heteroatoms. The molecule has 32 heavy (non-hydrogen) atoms. The van der Waals surface area contributed by atoms with E-state index in [0.717, 1.165) is 0 Å². The molecule has 0 aliphatic heterocycles. The summed E-state index contributed by atoms with van der Waals surface area (Å²) >= 11 is 13.6. The average molecular weight is 513 g/mol. The second-order valence-corrected chi connectivity index (χ2v) is 10.2. The fourth-order valence-corrected chi connectivity index (χ4v) is 5.29. The standard InChI is InChI=1S/C22H19Cl2FN2O3S2/c23-19-7-4-8-21(25)18(19)14-31-12-11-26-22(28)17-10-9-15(13-20(17)24)27-32(29,30)16-5-2-1-3-6-16/h1-10,13,27H,11-12,14H2,(H,26,28). The van der Waals surface area contributed by atoms with Crippen molar-refractivity contribution in [3.05, 3.63) is 93.7 Å². The molecule has 0 fully saturated rings. The predicted octanol–water partition coefficient (Wildman–Crippen LogP) is 5.60. The van der Waals surface area contributed by atoms with Crippen LogP contribution in [-0.2, 0) is 15.8 Å². The quantitative estimate of drug-likeness (QED) is 0.366. The Hall–Kier alpha value is -2.26. The van der Waals surface area contributed by atoms with Crippen LogP contribution in [0.5, 0.6) is 0 Å². The van der Waals surface area contributed by atoms with Crippen molar-refractivity contribution in [3.8, 4) is 0 Å². The van der Waals surface area contributed by atoms with Crippen molar-refractivity contribution in [1.82, 2.24) is 5.32 Å². The molecule has 3 rings (SSSR count). The predicted molar refractivity (Wildman–Crippen MR) is 129 cm³/mol. The third kappa shape index (κ3) is 6.38. The monoisotopic (exact) mass is 512 g/mol. The molecule has 5 nitrogen and oxygen atoms in total. The molecular formula is C22H19Cl2FN2O3S2. The van der Waals surface area contributed by atoms with Gasteiger partial charge in [-0.15, -0.1) is 0 Å². The van der Waals surface area contributed by atoms with Crippen molar-refractivity contribution in [2.75, 3.05) is 17.0 Å². The molecule has 3 aromatic carbocycles. The van der Waals surface area contributed by atoms with Crippen LogP contribution >= 0.6 is 35.0 Å². The van der Waals surface area contributed by atoms with Gasteiger partial charge in [0.05, 0.1) is 21.2 Å². The maximum atomic E-state index is 13.8. The Morgan fingerprint density at radius 1 is 0.969 bits per heavy atom. The van der Waals surface area contributed by atoms with E-state index in [1.807, 2.05) is 0 Å². The van der Waals surface area contributed by atoms with Crippen molar-refractivity contribution in [1.29, 1.82) is 0 Å². The Balaban J connectivity index is 1.53. The molecule has 0 atom stereocenters. The SMILES string of the molecule is O=C(NCCSCc1c(F)cccc1Cl)c1ccc(NS(=O)(=O)c2ccccc2)cc1Cl. The highest BCUT2D eigenvalue weighted by molar-refractivity contribution is 7.98. The van der Waals surface area contributed by atoms with E-state index in [1.54, 1.807) is 30.3 Å². The highest BCUT2D eigenvalue weighted by Gasteiger charge is 2.16. The largest absolute Gasteiger partial charge is 0.351 e. The number of anilines is 1. The van der Waals surface area contributed by atoms with Gasteiger partial charge in [-0.2, -0.15) is 11.8 Å². The smallest absolute Gasteiger partial charge is 0.261 e. The van der Waals surface area contributed by atoms with Crippen molar-refractivity contribution in [2.45, 2.75) is 10.6 Å². The summed E-state index contributed by atoms with van der Waals surface area (Å²) in [5.74, 6) is 0.183. The van der Waals surface area contributed by atoms with E-state index < -0.39 is 15.9 Å². The van der Waals surface area contributed by atoms with Crippen LogP contribution in [0.3, 0.4) is 0 Å². The van der Waals surface area contributed by atoms with Crippen LogP contribution in [0.25, 0.3) is 0 Å². The van der Waals surface area contributed by atoms with Gasteiger partial charge in [-0.1, -0.05) is 47.5 Å². The molecule has 0 aromatic heterocycles. The van der Waals surface area contributed by atoms with Crippen LogP contribution in [-0.4, -0.2) is 26.6 Å². The summed E-state index contributed by atoms with van der Waals surface area (Å²) in [5, 5.41) is 3.22. The van der Waals surface area contributed by atoms with Gasteiger partial charge in [-0.3, -0.25) is 9.52 Å². The highest BCUT2D eigenvalue weighted by atomic mass is 35.5. The number of halogens is 3. The van der Waals surface area contributed by atoms with Crippen molar-refractivity contribution < 1.29 is 17.6 Å². The molecule has 0 saturated heterocycles. The van der Waals surface area contributed by atoms with Crippen LogP contribution in [0.4, 0.5) is 10.1 Å². The lowest BCUT2D eigenvalue weighted by Crippen LogP contribution is -2.26. The summed E-state index contributed by atoms with van der Waals surface area (Å²) < 4.78 is 41.0. The molecule has 0 radical (unpaired) electrons. The van der Waals surface area contributed by atoms with E-state index in [4.69, 9.17) is 23.2 Å². The van der Waals surface area contributed by atoms with E-state index >= 15 is 0 Å². The first-order valence-corrected chi connectivity index (χ1v) is 12.8. The number of amides is 1. The number of rotatable bonds is 9. The molecule has 0 spiro atoms. The number of hydrogen-bond acceptors (Lipinski definition) is 4.